The number of rotatable bonds is 8. The molecular weight excluding hydrogens is 280 g/mol. The first-order chi connectivity index (χ1) is 10.7. The van der Waals surface area contributed by atoms with Crippen molar-refractivity contribution in [1.82, 2.24) is 5.32 Å². The lowest BCUT2D eigenvalue weighted by molar-refractivity contribution is -0.121. The summed E-state index contributed by atoms with van der Waals surface area (Å²) in [4.78, 5) is 11.7. The number of carbonyl (C=O) groups excluding carboxylic acids is 1. The summed E-state index contributed by atoms with van der Waals surface area (Å²) in [6.45, 7) is 4.43. The lowest BCUT2D eigenvalue weighted by Crippen LogP contribution is -2.24. The Kier molecular flexibility index (Phi) is 6.68. The molecule has 1 unspecified atom stereocenters. The molecule has 0 spiro atoms. The van der Waals surface area contributed by atoms with Crippen LogP contribution in [0, 0.1) is 6.92 Å². The lowest BCUT2D eigenvalue weighted by Gasteiger charge is -2.16. The first kappa shape index (κ1) is 16.8. The second-order valence-corrected chi connectivity index (χ2v) is 5.73. The highest BCUT2D eigenvalue weighted by Crippen LogP contribution is 2.22. The predicted octanol–water partition coefficient (Wildman–Crippen LogP) is 1.91. The Hall–Kier alpha value is -1.59. The Bertz CT molecular complexity index is 485. The second-order valence-electron chi connectivity index (χ2n) is 5.73. The van der Waals surface area contributed by atoms with Crippen LogP contribution in [0.3, 0.4) is 0 Å². The minimum atomic E-state index is 0.0242. The number of nitrogens with one attached hydrogen (secondary N) is 1. The number of nitrogens with two attached hydrogens (primary N) is 1. The van der Waals surface area contributed by atoms with Gasteiger partial charge in [0.05, 0.1) is 6.10 Å². The van der Waals surface area contributed by atoms with E-state index in [4.69, 9.17) is 15.2 Å². The maximum absolute atomic E-state index is 11.7. The zero-order valence-corrected chi connectivity index (χ0v) is 13.3. The standard InChI is InChI=1S/C17H26N2O3/c1-13-6-7-14(11-19-17(20)5-2-8-18)16(10-13)22-12-15-4-3-9-21-15/h6-7,10,15H,2-5,8-9,11-12,18H2,1H3,(H,19,20). The van der Waals surface area contributed by atoms with E-state index in [-0.39, 0.29) is 12.0 Å². The zero-order valence-electron chi connectivity index (χ0n) is 13.3. The minimum absolute atomic E-state index is 0.0242. The van der Waals surface area contributed by atoms with Crippen molar-refractivity contribution in [1.29, 1.82) is 0 Å². The van der Waals surface area contributed by atoms with Crippen LogP contribution in [0.1, 0.15) is 36.8 Å². The van der Waals surface area contributed by atoms with Crippen LogP contribution < -0.4 is 15.8 Å². The van der Waals surface area contributed by atoms with Crippen LogP contribution in [-0.4, -0.2) is 31.8 Å². The molecule has 5 nitrogen and oxygen atoms in total. The highest BCUT2D eigenvalue weighted by Gasteiger charge is 2.17. The van der Waals surface area contributed by atoms with Crippen molar-refractivity contribution in [2.45, 2.75) is 45.3 Å². The van der Waals surface area contributed by atoms with Gasteiger partial charge in [-0.25, -0.2) is 0 Å². The molecular formula is C17H26N2O3. The van der Waals surface area contributed by atoms with E-state index in [1.54, 1.807) is 0 Å². The molecule has 0 aromatic heterocycles. The molecule has 1 aliphatic rings. The first-order valence-corrected chi connectivity index (χ1v) is 7.99. The van der Waals surface area contributed by atoms with Crippen LogP contribution in [-0.2, 0) is 16.1 Å². The normalized spacial score (nSPS) is 17.5. The van der Waals surface area contributed by atoms with Gasteiger partial charge in [0.25, 0.3) is 0 Å². The molecule has 1 aromatic rings. The van der Waals surface area contributed by atoms with E-state index in [0.29, 0.717) is 32.5 Å². The molecule has 0 radical (unpaired) electrons. The number of amides is 1. The summed E-state index contributed by atoms with van der Waals surface area (Å²) < 4.78 is 11.5. The molecule has 0 saturated carbocycles. The zero-order chi connectivity index (χ0) is 15.8. The van der Waals surface area contributed by atoms with Gasteiger partial charge in [0.1, 0.15) is 12.4 Å². The Balaban J connectivity index is 1.90. The monoisotopic (exact) mass is 306 g/mol. The van der Waals surface area contributed by atoms with E-state index in [1.807, 2.05) is 25.1 Å². The van der Waals surface area contributed by atoms with Gasteiger partial charge < -0.3 is 20.5 Å². The number of carbonyl (C=O) groups is 1. The van der Waals surface area contributed by atoms with Crippen LogP contribution in [0.25, 0.3) is 0 Å². The van der Waals surface area contributed by atoms with Crippen molar-refractivity contribution in [3.8, 4) is 5.75 Å². The third-order valence-electron chi connectivity index (χ3n) is 3.76. The number of aryl methyl sites for hydroxylation is 1. The molecule has 0 bridgehead atoms. The Morgan fingerprint density at radius 1 is 1.50 bits per heavy atom. The van der Waals surface area contributed by atoms with Gasteiger partial charge in [-0.15, -0.1) is 0 Å². The summed E-state index contributed by atoms with van der Waals surface area (Å²) in [6, 6.07) is 6.04. The number of hydrogen-bond donors (Lipinski definition) is 2. The molecule has 1 saturated heterocycles. The topological polar surface area (TPSA) is 73.6 Å². The smallest absolute Gasteiger partial charge is 0.220 e. The van der Waals surface area contributed by atoms with Crippen LogP contribution >= 0.6 is 0 Å². The maximum Gasteiger partial charge on any atom is 0.220 e. The molecule has 1 heterocycles. The summed E-state index contributed by atoms with van der Waals surface area (Å²) in [5.74, 6) is 0.853. The van der Waals surface area contributed by atoms with Gasteiger partial charge in [-0.2, -0.15) is 0 Å². The van der Waals surface area contributed by atoms with E-state index >= 15 is 0 Å². The molecule has 2 rings (SSSR count). The average Bonchev–Trinajstić information content (AvgIpc) is 3.03. The largest absolute Gasteiger partial charge is 0.491 e. The fourth-order valence-electron chi connectivity index (χ4n) is 2.45. The third kappa shape index (κ3) is 5.31. The van der Waals surface area contributed by atoms with Gasteiger partial charge in [0.15, 0.2) is 0 Å². The van der Waals surface area contributed by atoms with E-state index in [2.05, 4.69) is 5.32 Å². The molecule has 0 aliphatic carbocycles. The summed E-state index contributed by atoms with van der Waals surface area (Å²) in [5, 5.41) is 2.92. The first-order valence-electron chi connectivity index (χ1n) is 7.99. The van der Waals surface area contributed by atoms with Crippen molar-refractivity contribution in [3.63, 3.8) is 0 Å². The summed E-state index contributed by atoms with van der Waals surface area (Å²) in [6.07, 6.45) is 3.52. The molecule has 1 atom stereocenters. The van der Waals surface area contributed by atoms with Gasteiger partial charge in [-0.3, -0.25) is 4.79 Å². The molecule has 122 valence electrons. The highest BCUT2D eigenvalue weighted by atomic mass is 16.5. The summed E-state index contributed by atoms with van der Waals surface area (Å²) in [5.41, 5.74) is 7.54. The number of ether oxygens (including phenoxy) is 2. The van der Waals surface area contributed by atoms with Crippen molar-refractivity contribution >= 4 is 5.91 Å². The van der Waals surface area contributed by atoms with Gasteiger partial charge in [0, 0.05) is 25.1 Å². The van der Waals surface area contributed by atoms with Gasteiger partial charge in [0.2, 0.25) is 5.91 Å². The minimum Gasteiger partial charge on any atom is -0.491 e. The second kappa shape index (κ2) is 8.76. The molecule has 1 aliphatic heterocycles. The highest BCUT2D eigenvalue weighted by molar-refractivity contribution is 5.75. The van der Waals surface area contributed by atoms with Gasteiger partial charge in [-0.1, -0.05) is 12.1 Å². The van der Waals surface area contributed by atoms with Crippen molar-refractivity contribution in [3.05, 3.63) is 29.3 Å². The fraction of sp³-hybridized carbons (Fsp3) is 0.588. The quantitative estimate of drug-likeness (QED) is 0.769. The van der Waals surface area contributed by atoms with E-state index in [0.717, 1.165) is 36.3 Å². The molecule has 3 N–H and O–H groups in total. The molecule has 1 aromatic carbocycles. The fourth-order valence-corrected chi connectivity index (χ4v) is 2.45. The number of hydrogen-bond acceptors (Lipinski definition) is 4. The summed E-state index contributed by atoms with van der Waals surface area (Å²) >= 11 is 0. The molecule has 1 fully saturated rings. The summed E-state index contributed by atoms with van der Waals surface area (Å²) in [7, 11) is 0. The van der Waals surface area contributed by atoms with E-state index in [1.165, 1.54) is 0 Å². The van der Waals surface area contributed by atoms with E-state index < -0.39 is 0 Å². The Morgan fingerprint density at radius 2 is 2.36 bits per heavy atom. The Labute approximate surface area is 132 Å². The number of benzene rings is 1. The van der Waals surface area contributed by atoms with Crippen molar-refractivity contribution in [2.75, 3.05) is 19.8 Å². The SMILES string of the molecule is Cc1ccc(CNC(=O)CCCN)c(OCC2CCCO2)c1. The Morgan fingerprint density at radius 3 is 3.09 bits per heavy atom. The lowest BCUT2D eigenvalue weighted by atomic mass is 10.1. The van der Waals surface area contributed by atoms with E-state index in [9.17, 15) is 4.79 Å². The third-order valence-corrected chi connectivity index (χ3v) is 3.76. The predicted molar refractivity (Wildman–Crippen MR) is 85.8 cm³/mol. The van der Waals surface area contributed by atoms with Crippen LogP contribution in [0.2, 0.25) is 0 Å². The molecule has 1 amide bonds. The molecule has 22 heavy (non-hydrogen) atoms. The van der Waals surface area contributed by atoms with Crippen molar-refractivity contribution in [2.24, 2.45) is 5.73 Å². The van der Waals surface area contributed by atoms with Gasteiger partial charge in [-0.05, 0) is 44.4 Å². The maximum atomic E-state index is 11.7. The van der Waals surface area contributed by atoms with Crippen LogP contribution in [0.4, 0.5) is 0 Å². The van der Waals surface area contributed by atoms with Crippen LogP contribution in [0.5, 0.6) is 5.75 Å². The van der Waals surface area contributed by atoms with Crippen LogP contribution in [0.15, 0.2) is 18.2 Å². The van der Waals surface area contributed by atoms with Crippen molar-refractivity contribution < 1.29 is 14.3 Å². The molecule has 5 heteroatoms. The average molecular weight is 306 g/mol. The van der Waals surface area contributed by atoms with Gasteiger partial charge >= 0.3 is 0 Å².